The van der Waals surface area contributed by atoms with E-state index in [1.165, 1.54) is 13.4 Å². The minimum atomic E-state index is -0.189. The second kappa shape index (κ2) is 7.21. The summed E-state index contributed by atoms with van der Waals surface area (Å²) < 4.78 is 10.1. The predicted octanol–water partition coefficient (Wildman–Crippen LogP) is 1.56. The van der Waals surface area contributed by atoms with E-state index in [1.54, 1.807) is 18.2 Å². The van der Waals surface area contributed by atoms with Crippen LogP contribution in [0.1, 0.15) is 16.8 Å². The Morgan fingerprint density at radius 2 is 2.33 bits per heavy atom. The molecule has 1 amide bonds. The van der Waals surface area contributed by atoms with Crippen molar-refractivity contribution in [3.8, 4) is 5.75 Å². The Hall–Kier alpha value is -2.17. The highest BCUT2D eigenvalue weighted by Gasteiger charge is 2.11. The van der Waals surface area contributed by atoms with Gasteiger partial charge in [-0.25, -0.2) is 0 Å². The fourth-order valence-corrected chi connectivity index (χ4v) is 1.43. The summed E-state index contributed by atoms with van der Waals surface area (Å²) in [6.45, 7) is 4.49. The van der Waals surface area contributed by atoms with Gasteiger partial charge in [-0.2, -0.15) is 0 Å². The van der Waals surface area contributed by atoms with E-state index in [-0.39, 0.29) is 5.91 Å². The van der Waals surface area contributed by atoms with Gasteiger partial charge in [0.05, 0.1) is 25.5 Å². The average Bonchev–Trinajstić information content (AvgIpc) is 2.38. The number of methoxy groups -OCH3 is 1. The lowest BCUT2D eigenvalue weighted by Gasteiger charge is -2.09. The summed E-state index contributed by atoms with van der Waals surface area (Å²) in [5.41, 5.74) is 6.65. The Balaban J connectivity index is 2.53. The first-order valence-corrected chi connectivity index (χ1v) is 5.63. The molecule has 0 aliphatic rings. The van der Waals surface area contributed by atoms with Gasteiger partial charge >= 0.3 is 0 Å². The van der Waals surface area contributed by atoms with Crippen molar-refractivity contribution < 1.29 is 14.3 Å². The number of nitrogen functional groups attached to an aromatic ring is 1. The number of rotatable bonds is 7. The maximum absolute atomic E-state index is 11.9. The molecular formula is C13H18N2O3. The third kappa shape index (κ3) is 4.01. The summed E-state index contributed by atoms with van der Waals surface area (Å²) in [6, 6.07) is 4.93. The normalized spacial score (nSPS) is 9.61. The van der Waals surface area contributed by atoms with E-state index >= 15 is 0 Å². The lowest BCUT2D eigenvalue weighted by Crippen LogP contribution is -2.25. The molecule has 5 heteroatoms. The molecule has 0 fully saturated rings. The van der Waals surface area contributed by atoms with Crippen LogP contribution in [0.25, 0.3) is 0 Å². The monoisotopic (exact) mass is 250 g/mol. The van der Waals surface area contributed by atoms with Crippen molar-refractivity contribution in [2.75, 3.05) is 26.0 Å². The molecule has 0 aliphatic carbocycles. The van der Waals surface area contributed by atoms with Crippen LogP contribution in [0.3, 0.4) is 0 Å². The fraction of sp³-hybridized carbons (Fsp3) is 0.308. The third-order valence-electron chi connectivity index (χ3n) is 2.31. The van der Waals surface area contributed by atoms with Crippen molar-refractivity contribution in [1.29, 1.82) is 0 Å². The van der Waals surface area contributed by atoms with Crippen LogP contribution in [0.4, 0.5) is 5.69 Å². The first-order valence-electron chi connectivity index (χ1n) is 5.63. The van der Waals surface area contributed by atoms with Gasteiger partial charge in [0, 0.05) is 18.3 Å². The minimum absolute atomic E-state index is 0.189. The highest BCUT2D eigenvalue weighted by molar-refractivity contribution is 5.97. The molecule has 0 unspecified atom stereocenters. The molecular weight excluding hydrogens is 232 g/mol. The Bertz CT molecular complexity index is 419. The molecule has 5 nitrogen and oxygen atoms in total. The first kappa shape index (κ1) is 13.9. The number of nitrogens with two attached hydrogens (primary N) is 1. The van der Waals surface area contributed by atoms with Crippen LogP contribution in [0, 0.1) is 0 Å². The molecule has 3 N–H and O–H groups in total. The van der Waals surface area contributed by atoms with Crippen LogP contribution in [0.15, 0.2) is 31.0 Å². The Morgan fingerprint density at radius 1 is 1.56 bits per heavy atom. The van der Waals surface area contributed by atoms with E-state index in [4.69, 9.17) is 15.2 Å². The molecule has 0 radical (unpaired) electrons. The minimum Gasteiger partial charge on any atom is -0.502 e. The van der Waals surface area contributed by atoms with E-state index in [2.05, 4.69) is 11.9 Å². The van der Waals surface area contributed by atoms with E-state index in [0.29, 0.717) is 30.2 Å². The molecule has 0 atom stereocenters. The number of hydrogen-bond acceptors (Lipinski definition) is 4. The van der Waals surface area contributed by atoms with Crippen LogP contribution >= 0.6 is 0 Å². The van der Waals surface area contributed by atoms with E-state index in [0.717, 1.165) is 6.42 Å². The van der Waals surface area contributed by atoms with Gasteiger partial charge in [-0.15, -0.1) is 0 Å². The quantitative estimate of drug-likeness (QED) is 0.437. The molecule has 0 saturated heterocycles. The van der Waals surface area contributed by atoms with Crippen molar-refractivity contribution in [2.24, 2.45) is 0 Å². The van der Waals surface area contributed by atoms with Crippen molar-refractivity contribution in [3.63, 3.8) is 0 Å². The standard InChI is InChI=1S/C13H18N2O3/c1-3-18-8-4-7-15-13(16)11-6-5-10(14)9-12(11)17-2/h3,5-6,9H,1,4,7-8,14H2,2H3,(H,15,16). The summed E-state index contributed by atoms with van der Waals surface area (Å²) in [5, 5.41) is 2.78. The molecule has 0 bridgehead atoms. The second-order valence-electron chi connectivity index (χ2n) is 3.61. The molecule has 98 valence electrons. The first-order chi connectivity index (χ1) is 8.69. The van der Waals surface area contributed by atoms with Gasteiger partial charge in [-0.1, -0.05) is 6.58 Å². The average molecular weight is 250 g/mol. The van der Waals surface area contributed by atoms with Gasteiger partial charge < -0.3 is 20.5 Å². The smallest absolute Gasteiger partial charge is 0.255 e. The lowest BCUT2D eigenvalue weighted by molar-refractivity contribution is 0.0947. The zero-order valence-corrected chi connectivity index (χ0v) is 10.4. The van der Waals surface area contributed by atoms with E-state index in [1.807, 2.05) is 0 Å². The highest BCUT2D eigenvalue weighted by atomic mass is 16.5. The molecule has 0 aromatic heterocycles. The summed E-state index contributed by atoms with van der Waals surface area (Å²) in [6.07, 6.45) is 2.10. The number of carbonyl (C=O) groups excluding carboxylic acids is 1. The predicted molar refractivity (Wildman–Crippen MR) is 70.5 cm³/mol. The molecule has 18 heavy (non-hydrogen) atoms. The molecule has 0 aliphatic heterocycles. The van der Waals surface area contributed by atoms with E-state index in [9.17, 15) is 4.79 Å². The van der Waals surface area contributed by atoms with Crippen molar-refractivity contribution in [3.05, 3.63) is 36.6 Å². The SMILES string of the molecule is C=COCCCNC(=O)c1ccc(N)cc1OC. The number of benzene rings is 1. The number of anilines is 1. The van der Waals surface area contributed by atoms with Crippen molar-refractivity contribution >= 4 is 11.6 Å². The van der Waals surface area contributed by atoms with Crippen LogP contribution in [0.2, 0.25) is 0 Å². The zero-order valence-electron chi connectivity index (χ0n) is 10.4. The van der Waals surface area contributed by atoms with Gasteiger partial charge in [-0.3, -0.25) is 4.79 Å². The lowest BCUT2D eigenvalue weighted by atomic mass is 10.1. The summed E-state index contributed by atoms with van der Waals surface area (Å²) in [5.74, 6) is 0.278. The topological polar surface area (TPSA) is 73.6 Å². The number of nitrogens with one attached hydrogen (secondary N) is 1. The fourth-order valence-electron chi connectivity index (χ4n) is 1.43. The largest absolute Gasteiger partial charge is 0.502 e. The maximum Gasteiger partial charge on any atom is 0.255 e. The maximum atomic E-state index is 11.9. The van der Waals surface area contributed by atoms with Crippen LogP contribution in [-0.4, -0.2) is 26.2 Å². The number of hydrogen-bond donors (Lipinski definition) is 2. The molecule has 1 rings (SSSR count). The Morgan fingerprint density at radius 3 is 3.00 bits per heavy atom. The molecule has 1 aromatic rings. The zero-order chi connectivity index (χ0) is 13.4. The van der Waals surface area contributed by atoms with Gasteiger partial charge in [-0.05, 0) is 18.6 Å². The summed E-state index contributed by atoms with van der Waals surface area (Å²) in [4.78, 5) is 11.9. The van der Waals surface area contributed by atoms with Gasteiger partial charge in [0.2, 0.25) is 0 Å². The Kier molecular flexibility index (Phi) is 5.57. The van der Waals surface area contributed by atoms with Crippen LogP contribution in [-0.2, 0) is 4.74 Å². The molecule has 0 saturated carbocycles. The molecule has 1 aromatic carbocycles. The third-order valence-corrected chi connectivity index (χ3v) is 2.31. The van der Waals surface area contributed by atoms with Gasteiger partial charge in [0.25, 0.3) is 5.91 Å². The number of amides is 1. The highest BCUT2D eigenvalue weighted by Crippen LogP contribution is 2.21. The van der Waals surface area contributed by atoms with Crippen LogP contribution < -0.4 is 15.8 Å². The van der Waals surface area contributed by atoms with Crippen LogP contribution in [0.5, 0.6) is 5.75 Å². The Labute approximate surface area is 107 Å². The summed E-state index contributed by atoms with van der Waals surface area (Å²) >= 11 is 0. The molecule has 0 spiro atoms. The van der Waals surface area contributed by atoms with Gasteiger partial charge in [0.15, 0.2) is 0 Å². The van der Waals surface area contributed by atoms with Gasteiger partial charge in [0.1, 0.15) is 5.75 Å². The second-order valence-corrected chi connectivity index (χ2v) is 3.61. The number of ether oxygens (including phenoxy) is 2. The van der Waals surface area contributed by atoms with Crippen molar-refractivity contribution in [2.45, 2.75) is 6.42 Å². The van der Waals surface area contributed by atoms with E-state index < -0.39 is 0 Å². The van der Waals surface area contributed by atoms with Crippen molar-refractivity contribution in [1.82, 2.24) is 5.32 Å². The summed E-state index contributed by atoms with van der Waals surface area (Å²) in [7, 11) is 1.50. The molecule has 0 heterocycles. The number of carbonyl (C=O) groups is 1.